The second-order valence-electron chi connectivity index (χ2n) is 7.48. The summed E-state index contributed by atoms with van der Waals surface area (Å²) in [6.07, 6.45) is 1.84. The largest absolute Gasteiger partial charge is 0.454 e. The number of ether oxygens (including phenoxy) is 2. The third-order valence-electron chi connectivity index (χ3n) is 5.29. The van der Waals surface area contributed by atoms with E-state index in [2.05, 4.69) is 22.1 Å². The van der Waals surface area contributed by atoms with E-state index in [-0.39, 0.29) is 25.0 Å². The van der Waals surface area contributed by atoms with E-state index in [4.69, 9.17) is 9.47 Å². The molecule has 0 spiro atoms. The molecule has 1 unspecified atom stereocenters. The fourth-order valence-corrected chi connectivity index (χ4v) is 3.68. The van der Waals surface area contributed by atoms with Crippen molar-refractivity contribution in [3.05, 3.63) is 78.1 Å². The molecule has 2 aromatic carbocycles. The summed E-state index contributed by atoms with van der Waals surface area (Å²) in [6.45, 7) is 0.479. The van der Waals surface area contributed by atoms with Crippen molar-refractivity contribution in [2.75, 3.05) is 23.6 Å². The quantitative estimate of drug-likeness (QED) is 0.652. The van der Waals surface area contributed by atoms with Crippen LogP contribution in [0.4, 0.5) is 11.4 Å². The van der Waals surface area contributed by atoms with Crippen LogP contribution in [0.5, 0.6) is 11.5 Å². The van der Waals surface area contributed by atoms with E-state index in [1.807, 2.05) is 30.3 Å². The van der Waals surface area contributed by atoms with Gasteiger partial charge in [-0.3, -0.25) is 9.59 Å². The molecule has 1 aromatic heterocycles. The lowest BCUT2D eigenvalue weighted by Crippen LogP contribution is -2.28. The molecule has 158 valence electrons. The molecule has 7 heteroatoms. The lowest BCUT2D eigenvalue weighted by Gasteiger charge is -2.17. The average Bonchev–Trinajstić information content (AvgIpc) is 3.44. The number of rotatable bonds is 3. The first kappa shape index (κ1) is 19.6. The lowest BCUT2D eigenvalue weighted by molar-refractivity contribution is -0.122. The highest BCUT2D eigenvalue weighted by Crippen LogP contribution is 2.37. The van der Waals surface area contributed by atoms with Gasteiger partial charge in [0.25, 0.3) is 0 Å². The zero-order valence-electron chi connectivity index (χ0n) is 17.1. The fraction of sp³-hybridized carbons (Fsp3) is 0.160. The van der Waals surface area contributed by atoms with E-state index < -0.39 is 5.92 Å². The van der Waals surface area contributed by atoms with Gasteiger partial charge < -0.3 is 19.7 Å². The summed E-state index contributed by atoms with van der Waals surface area (Å²) in [5.41, 5.74) is 2.77. The van der Waals surface area contributed by atoms with Gasteiger partial charge in [0, 0.05) is 42.2 Å². The first-order valence-corrected chi connectivity index (χ1v) is 10.2. The Morgan fingerprint density at radius 2 is 1.94 bits per heavy atom. The Hall–Kier alpha value is -4.31. The number of benzene rings is 2. The maximum atomic E-state index is 12.8. The Labute approximate surface area is 185 Å². The minimum absolute atomic E-state index is 0.0982. The molecule has 1 N–H and O–H groups in total. The van der Waals surface area contributed by atoms with Crippen molar-refractivity contribution >= 4 is 23.2 Å². The second-order valence-corrected chi connectivity index (χ2v) is 7.48. The monoisotopic (exact) mass is 425 g/mol. The summed E-state index contributed by atoms with van der Waals surface area (Å²) in [6, 6.07) is 18.2. The summed E-state index contributed by atoms with van der Waals surface area (Å²) in [4.78, 5) is 31.2. The molecule has 2 amide bonds. The molecule has 0 bridgehead atoms. The van der Waals surface area contributed by atoms with Crippen LogP contribution in [0.1, 0.15) is 17.7 Å². The molecule has 0 aliphatic carbocycles. The van der Waals surface area contributed by atoms with Crippen molar-refractivity contribution < 1.29 is 19.1 Å². The van der Waals surface area contributed by atoms with Crippen molar-refractivity contribution in [2.24, 2.45) is 5.92 Å². The Bertz CT molecular complexity index is 1250. The van der Waals surface area contributed by atoms with Gasteiger partial charge in [-0.25, -0.2) is 4.98 Å². The summed E-state index contributed by atoms with van der Waals surface area (Å²) in [5.74, 6) is 6.56. The van der Waals surface area contributed by atoms with Crippen LogP contribution in [0.25, 0.3) is 0 Å². The van der Waals surface area contributed by atoms with Gasteiger partial charge in [-0.15, -0.1) is 0 Å². The number of nitrogens with one attached hydrogen (secondary N) is 1. The minimum atomic E-state index is -0.448. The van der Waals surface area contributed by atoms with Crippen LogP contribution in [-0.2, 0) is 9.59 Å². The molecule has 0 radical (unpaired) electrons. The summed E-state index contributed by atoms with van der Waals surface area (Å²) >= 11 is 0. The van der Waals surface area contributed by atoms with Crippen LogP contribution < -0.4 is 19.7 Å². The Balaban J connectivity index is 1.26. The van der Waals surface area contributed by atoms with Gasteiger partial charge in [0.05, 0.1) is 5.92 Å². The second kappa shape index (κ2) is 8.44. The number of carbonyl (C=O) groups is 2. The number of fused-ring (bicyclic) bond motifs is 1. The van der Waals surface area contributed by atoms with Crippen molar-refractivity contribution in [1.29, 1.82) is 0 Å². The van der Waals surface area contributed by atoms with Gasteiger partial charge in [0.15, 0.2) is 11.5 Å². The summed E-state index contributed by atoms with van der Waals surface area (Å²) in [5, 5.41) is 2.91. The number of carbonyl (C=O) groups excluding carboxylic acids is 2. The van der Waals surface area contributed by atoms with Gasteiger partial charge in [0.1, 0.15) is 5.69 Å². The average molecular weight is 425 g/mol. The third-order valence-corrected chi connectivity index (χ3v) is 5.29. The molecule has 2 aliphatic rings. The third kappa shape index (κ3) is 4.12. The van der Waals surface area contributed by atoms with Gasteiger partial charge in [-0.1, -0.05) is 18.1 Å². The standard InChI is InChI=1S/C25H19N3O4/c29-24-13-18(15-28(24)21-9-10-22-23(14-21)32-16-31-22)25(30)27-20-6-3-4-17(12-20)7-8-19-5-1-2-11-26-19/h1-6,9-12,14,18H,13,15-16H2,(H,27,30). The molecule has 2 aliphatic heterocycles. The van der Waals surface area contributed by atoms with Crippen LogP contribution in [0, 0.1) is 17.8 Å². The number of nitrogens with zero attached hydrogens (tertiary/aromatic N) is 2. The smallest absolute Gasteiger partial charge is 0.231 e. The predicted octanol–water partition coefficient (Wildman–Crippen LogP) is 3.20. The normalized spacial score (nSPS) is 16.4. The van der Waals surface area contributed by atoms with Crippen LogP contribution >= 0.6 is 0 Å². The van der Waals surface area contributed by atoms with E-state index in [1.165, 1.54) is 0 Å². The molecule has 1 fully saturated rings. The highest BCUT2D eigenvalue weighted by molar-refractivity contribution is 6.03. The van der Waals surface area contributed by atoms with E-state index in [9.17, 15) is 9.59 Å². The summed E-state index contributed by atoms with van der Waals surface area (Å²) < 4.78 is 10.7. The van der Waals surface area contributed by atoms with Crippen molar-refractivity contribution in [3.8, 4) is 23.3 Å². The van der Waals surface area contributed by atoms with Crippen molar-refractivity contribution in [3.63, 3.8) is 0 Å². The molecule has 3 aromatic rings. The van der Waals surface area contributed by atoms with Crippen LogP contribution in [0.2, 0.25) is 0 Å². The predicted molar refractivity (Wildman–Crippen MR) is 118 cm³/mol. The zero-order valence-corrected chi connectivity index (χ0v) is 17.1. The highest BCUT2D eigenvalue weighted by atomic mass is 16.7. The van der Waals surface area contributed by atoms with Crippen LogP contribution in [0.3, 0.4) is 0 Å². The maximum Gasteiger partial charge on any atom is 0.231 e. The van der Waals surface area contributed by atoms with E-state index in [1.54, 1.807) is 41.4 Å². The van der Waals surface area contributed by atoms with Crippen LogP contribution in [0.15, 0.2) is 66.9 Å². The molecule has 5 rings (SSSR count). The molecule has 0 saturated carbocycles. The van der Waals surface area contributed by atoms with Gasteiger partial charge >= 0.3 is 0 Å². The Morgan fingerprint density at radius 1 is 1.03 bits per heavy atom. The topological polar surface area (TPSA) is 80.8 Å². The molecular formula is C25H19N3O4. The molecule has 3 heterocycles. The van der Waals surface area contributed by atoms with Crippen LogP contribution in [-0.4, -0.2) is 30.1 Å². The lowest BCUT2D eigenvalue weighted by atomic mass is 10.1. The van der Waals surface area contributed by atoms with Crippen molar-refractivity contribution in [1.82, 2.24) is 4.98 Å². The minimum Gasteiger partial charge on any atom is -0.454 e. The van der Waals surface area contributed by atoms with Gasteiger partial charge in [-0.05, 0) is 48.4 Å². The van der Waals surface area contributed by atoms with Crippen molar-refractivity contribution in [2.45, 2.75) is 6.42 Å². The number of aromatic nitrogens is 1. The number of hydrogen-bond donors (Lipinski definition) is 1. The van der Waals surface area contributed by atoms with Gasteiger partial charge in [0.2, 0.25) is 18.6 Å². The number of pyridine rings is 1. The molecule has 1 saturated heterocycles. The molecule has 32 heavy (non-hydrogen) atoms. The van der Waals surface area contributed by atoms with E-state index in [0.29, 0.717) is 35.1 Å². The number of amides is 2. The van der Waals surface area contributed by atoms with E-state index in [0.717, 1.165) is 5.56 Å². The summed E-state index contributed by atoms with van der Waals surface area (Å²) in [7, 11) is 0. The number of hydrogen-bond acceptors (Lipinski definition) is 5. The first-order chi connectivity index (χ1) is 15.7. The highest BCUT2D eigenvalue weighted by Gasteiger charge is 2.35. The zero-order chi connectivity index (χ0) is 21.9. The fourth-order valence-electron chi connectivity index (χ4n) is 3.68. The van der Waals surface area contributed by atoms with E-state index >= 15 is 0 Å². The molecular weight excluding hydrogens is 406 g/mol. The first-order valence-electron chi connectivity index (χ1n) is 10.2. The van der Waals surface area contributed by atoms with Gasteiger partial charge in [-0.2, -0.15) is 0 Å². The molecule has 7 nitrogen and oxygen atoms in total. The molecule has 1 atom stereocenters. The Morgan fingerprint density at radius 3 is 2.81 bits per heavy atom. The Kier molecular flexibility index (Phi) is 5.18. The SMILES string of the molecule is O=C(Nc1cccc(C#Cc2ccccn2)c1)C1CC(=O)N(c2ccc3c(c2)OCO3)C1. The maximum absolute atomic E-state index is 12.8. The number of anilines is 2.